The van der Waals surface area contributed by atoms with E-state index in [0.29, 0.717) is 10.7 Å². The first kappa shape index (κ1) is 19.5. The van der Waals surface area contributed by atoms with Gasteiger partial charge in [-0.25, -0.2) is 14.4 Å². The van der Waals surface area contributed by atoms with Gasteiger partial charge < -0.3 is 9.80 Å². The van der Waals surface area contributed by atoms with Crippen molar-refractivity contribution in [2.75, 3.05) is 36.0 Å². The van der Waals surface area contributed by atoms with E-state index in [9.17, 15) is 9.65 Å². The van der Waals surface area contributed by atoms with Crippen molar-refractivity contribution in [2.24, 2.45) is 0 Å². The lowest BCUT2D eigenvalue weighted by Crippen LogP contribution is -2.47. The Balaban J connectivity index is 1.52. The van der Waals surface area contributed by atoms with E-state index in [2.05, 4.69) is 15.9 Å². The molecule has 5 nitrogen and oxygen atoms in total. The molecular formula is C24H20FN5S. The second-order valence-corrected chi connectivity index (χ2v) is 8.53. The Bertz CT molecular complexity index is 1270. The normalized spacial score (nSPS) is 14.1. The maximum Gasteiger partial charge on any atom is 0.163 e. The molecule has 7 heteroatoms. The largest absolute Gasteiger partial charge is 0.368 e. The molecule has 4 aromatic rings. The maximum atomic E-state index is 13.3. The Labute approximate surface area is 184 Å². The summed E-state index contributed by atoms with van der Waals surface area (Å²) in [5.74, 6) is 1.34. The molecule has 1 aliphatic rings. The monoisotopic (exact) mass is 429 g/mol. The Morgan fingerprint density at radius 2 is 1.61 bits per heavy atom. The lowest BCUT2D eigenvalue weighted by Gasteiger charge is -2.37. The Hall–Kier alpha value is -3.50. The number of nitriles is 1. The van der Waals surface area contributed by atoms with Crippen LogP contribution in [0.4, 0.5) is 15.9 Å². The minimum atomic E-state index is -0.222. The van der Waals surface area contributed by atoms with Crippen LogP contribution < -0.4 is 9.80 Å². The summed E-state index contributed by atoms with van der Waals surface area (Å²) in [6.45, 7) is 5.17. The minimum absolute atomic E-state index is 0.222. The predicted molar refractivity (Wildman–Crippen MR) is 123 cm³/mol. The zero-order valence-corrected chi connectivity index (χ0v) is 17.9. The van der Waals surface area contributed by atoms with Gasteiger partial charge >= 0.3 is 0 Å². The van der Waals surface area contributed by atoms with E-state index < -0.39 is 0 Å². The van der Waals surface area contributed by atoms with Gasteiger partial charge in [0.15, 0.2) is 5.82 Å². The summed E-state index contributed by atoms with van der Waals surface area (Å²) in [6.07, 6.45) is 0. The average molecular weight is 430 g/mol. The second kappa shape index (κ2) is 7.97. The molecule has 0 unspecified atom stereocenters. The van der Waals surface area contributed by atoms with Gasteiger partial charge in [0.2, 0.25) is 0 Å². The van der Waals surface area contributed by atoms with E-state index in [1.807, 2.05) is 49.4 Å². The summed E-state index contributed by atoms with van der Waals surface area (Å²) in [5.41, 5.74) is 2.93. The third-order valence-corrected chi connectivity index (χ3v) is 6.77. The van der Waals surface area contributed by atoms with Crippen LogP contribution in [0, 0.1) is 24.1 Å². The van der Waals surface area contributed by atoms with Crippen molar-refractivity contribution in [1.29, 1.82) is 5.26 Å². The lowest BCUT2D eigenvalue weighted by atomic mass is 10.1. The molecule has 31 heavy (non-hydrogen) atoms. The molecule has 5 rings (SSSR count). The summed E-state index contributed by atoms with van der Waals surface area (Å²) in [4.78, 5) is 15.8. The SMILES string of the molecule is Cc1c(C#N)sc2nc(-c3ccccc3)nc(N3CCN(c4ccc(F)cc4)CC3)c12. The summed E-state index contributed by atoms with van der Waals surface area (Å²) in [7, 11) is 0. The lowest BCUT2D eigenvalue weighted by molar-refractivity contribution is 0.624. The first-order valence-electron chi connectivity index (χ1n) is 10.2. The van der Waals surface area contributed by atoms with E-state index in [0.717, 1.165) is 59.0 Å². The zero-order chi connectivity index (χ0) is 21.4. The highest BCUT2D eigenvalue weighted by atomic mass is 32.1. The van der Waals surface area contributed by atoms with Crippen LogP contribution in [0.1, 0.15) is 10.4 Å². The van der Waals surface area contributed by atoms with Gasteiger partial charge in [0.05, 0.1) is 5.39 Å². The quantitative estimate of drug-likeness (QED) is 0.459. The zero-order valence-electron chi connectivity index (χ0n) is 17.0. The predicted octanol–water partition coefficient (Wildman–Crippen LogP) is 5.00. The van der Waals surface area contributed by atoms with Crippen LogP contribution in [0.2, 0.25) is 0 Å². The van der Waals surface area contributed by atoms with Gasteiger partial charge in [-0.05, 0) is 36.8 Å². The fourth-order valence-corrected chi connectivity index (χ4v) is 4.97. The van der Waals surface area contributed by atoms with E-state index in [4.69, 9.17) is 9.97 Å². The summed E-state index contributed by atoms with van der Waals surface area (Å²) >= 11 is 1.42. The number of aryl methyl sites for hydroxylation is 1. The second-order valence-electron chi connectivity index (χ2n) is 7.54. The maximum absolute atomic E-state index is 13.3. The fraction of sp³-hybridized carbons (Fsp3) is 0.208. The van der Waals surface area contributed by atoms with Gasteiger partial charge in [-0.15, -0.1) is 11.3 Å². The van der Waals surface area contributed by atoms with Gasteiger partial charge in [0.25, 0.3) is 0 Å². The van der Waals surface area contributed by atoms with Gasteiger partial charge in [-0.2, -0.15) is 5.26 Å². The first-order valence-corrected chi connectivity index (χ1v) is 11.0. The van der Waals surface area contributed by atoms with E-state index in [-0.39, 0.29) is 5.82 Å². The number of hydrogen-bond acceptors (Lipinski definition) is 6. The molecule has 154 valence electrons. The number of fused-ring (bicyclic) bond motifs is 1. The van der Waals surface area contributed by atoms with E-state index >= 15 is 0 Å². The van der Waals surface area contributed by atoms with E-state index in [1.165, 1.54) is 23.5 Å². The molecule has 0 aliphatic carbocycles. The summed E-state index contributed by atoms with van der Waals surface area (Å²) < 4.78 is 13.3. The molecular weight excluding hydrogens is 409 g/mol. The van der Waals surface area contributed by atoms with Gasteiger partial charge in [0, 0.05) is 37.4 Å². The highest BCUT2D eigenvalue weighted by molar-refractivity contribution is 7.19. The minimum Gasteiger partial charge on any atom is -0.368 e. The molecule has 1 fully saturated rings. The molecule has 0 atom stereocenters. The molecule has 2 aromatic heterocycles. The van der Waals surface area contributed by atoms with Crippen LogP contribution >= 0.6 is 11.3 Å². The summed E-state index contributed by atoms with van der Waals surface area (Å²) in [5, 5.41) is 10.5. The molecule has 0 saturated carbocycles. The van der Waals surface area contributed by atoms with Gasteiger partial charge in [-0.3, -0.25) is 0 Å². The van der Waals surface area contributed by atoms with Crippen molar-refractivity contribution in [3.8, 4) is 17.5 Å². The number of thiophene rings is 1. The molecule has 1 aliphatic heterocycles. The Kier molecular flexibility index (Phi) is 5.00. The van der Waals surface area contributed by atoms with Crippen LogP contribution in [0.3, 0.4) is 0 Å². The third kappa shape index (κ3) is 3.60. The fourth-order valence-electron chi connectivity index (χ4n) is 4.00. The molecule has 2 aromatic carbocycles. The number of hydrogen-bond donors (Lipinski definition) is 0. The number of anilines is 2. The molecule has 1 saturated heterocycles. The third-order valence-electron chi connectivity index (χ3n) is 5.68. The highest BCUT2D eigenvalue weighted by Gasteiger charge is 2.24. The van der Waals surface area contributed by atoms with Crippen molar-refractivity contribution >= 4 is 33.1 Å². The van der Waals surface area contributed by atoms with Crippen molar-refractivity contribution in [2.45, 2.75) is 6.92 Å². The smallest absolute Gasteiger partial charge is 0.163 e. The molecule has 3 heterocycles. The standard InChI is InChI=1S/C24H20FN5S/c1-16-20(15-26)31-24-21(16)23(27-22(28-24)17-5-3-2-4-6-17)30-13-11-29(12-14-30)19-9-7-18(25)8-10-19/h2-10H,11-14H2,1H3. The average Bonchev–Trinajstić information content (AvgIpc) is 3.15. The van der Waals surface area contributed by atoms with Crippen molar-refractivity contribution < 1.29 is 4.39 Å². The van der Waals surface area contributed by atoms with Crippen molar-refractivity contribution in [3.63, 3.8) is 0 Å². The molecule has 0 amide bonds. The molecule has 0 radical (unpaired) electrons. The van der Waals surface area contributed by atoms with Gasteiger partial charge in [0.1, 0.15) is 27.4 Å². The van der Waals surface area contributed by atoms with Crippen LogP contribution in [0.25, 0.3) is 21.6 Å². The highest BCUT2D eigenvalue weighted by Crippen LogP contribution is 2.37. The number of aromatic nitrogens is 2. The van der Waals surface area contributed by atoms with Gasteiger partial charge in [-0.1, -0.05) is 30.3 Å². The van der Waals surface area contributed by atoms with Crippen molar-refractivity contribution in [3.05, 3.63) is 70.9 Å². The number of halogens is 1. The molecule has 0 bridgehead atoms. The Morgan fingerprint density at radius 3 is 2.29 bits per heavy atom. The molecule has 0 N–H and O–H groups in total. The van der Waals surface area contributed by atoms with E-state index in [1.54, 1.807) is 0 Å². The van der Waals surface area contributed by atoms with Crippen LogP contribution in [0.5, 0.6) is 0 Å². The van der Waals surface area contributed by atoms with Crippen LogP contribution in [-0.4, -0.2) is 36.1 Å². The Morgan fingerprint density at radius 1 is 0.935 bits per heavy atom. The first-order chi connectivity index (χ1) is 15.1. The molecule has 0 spiro atoms. The van der Waals surface area contributed by atoms with Crippen LogP contribution in [-0.2, 0) is 0 Å². The number of nitrogens with zero attached hydrogens (tertiary/aromatic N) is 5. The number of piperazine rings is 1. The van der Waals surface area contributed by atoms with Crippen LogP contribution in [0.15, 0.2) is 54.6 Å². The number of benzene rings is 2. The number of rotatable bonds is 3. The van der Waals surface area contributed by atoms with Crippen molar-refractivity contribution in [1.82, 2.24) is 9.97 Å². The summed E-state index contributed by atoms with van der Waals surface area (Å²) in [6, 6.07) is 18.9. The topological polar surface area (TPSA) is 56.1 Å².